The second-order valence-corrected chi connectivity index (χ2v) is 6.73. The molecule has 1 atom stereocenters. The molecule has 1 saturated heterocycles. The molecule has 7 heteroatoms. The van der Waals surface area contributed by atoms with Crippen molar-refractivity contribution in [3.05, 3.63) is 77.7 Å². The molecule has 4 rings (SSSR count). The van der Waals surface area contributed by atoms with Crippen LogP contribution in [0.2, 0.25) is 0 Å². The number of pyridine rings is 1. The van der Waals surface area contributed by atoms with E-state index >= 15 is 0 Å². The predicted octanol–water partition coefficient (Wildman–Crippen LogP) is 3.20. The Morgan fingerprint density at radius 2 is 2.00 bits per heavy atom. The molecular formula is C21H22N4O3. The molecule has 1 unspecified atom stereocenters. The molecule has 2 aromatic heterocycles. The molecule has 1 amide bonds. The van der Waals surface area contributed by atoms with Gasteiger partial charge in [-0.05, 0) is 30.5 Å². The highest BCUT2D eigenvalue weighted by molar-refractivity contribution is 5.94. The average Bonchev–Trinajstić information content (AvgIpc) is 3.41. The molecule has 144 valence electrons. The van der Waals surface area contributed by atoms with Crippen LogP contribution in [0.5, 0.6) is 0 Å². The van der Waals surface area contributed by atoms with Crippen LogP contribution < -0.4 is 0 Å². The molecule has 0 saturated carbocycles. The first-order chi connectivity index (χ1) is 13.8. The lowest BCUT2D eigenvalue weighted by atomic mass is 10.2. The molecule has 0 N–H and O–H groups in total. The molecular weight excluding hydrogens is 356 g/mol. The van der Waals surface area contributed by atoms with Crippen molar-refractivity contribution in [3.8, 4) is 0 Å². The van der Waals surface area contributed by atoms with Gasteiger partial charge in [0.2, 0.25) is 5.89 Å². The van der Waals surface area contributed by atoms with Crippen molar-refractivity contribution in [3.63, 3.8) is 0 Å². The van der Waals surface area contributed by atoms with Crippen molar-refractivity contribution in [2.75, 3.05) is 13.2 Å². The predicted molar refractivity (Wildman–Crippen MR) is 101 cm³/mol. The highest BCUT2D eigenvalue weighted by atomic mass is 16.5. The first-order valence-corrected chi connectivity index (χ1v) is 9.46. The zero-order chi connectivity index (χ0) is 19.2. The third kappa shape index (κ3) is 4.26. The van der Waals surface area contributed by atoms with Gasteiger partial charge in [-0.1, -0.05) is 35.5 Å². The largest absolute Gasteiger partial charge is 0.376 e. The van der Waals surface area contributed by atoms with E-state index in [0.29, 0.717) is 43.5 Å². The minimum atomic E-state index is -0.174. The Bertz CT molecular complexity index is 898. The van der Waals surface area contributed by atoms with Crippen LogP contribution in [0.1, 0.15) is 46.5 Å². The topological polar surface area (TPSA) is 81.4 Å². The third-order valence-corrected chi connectivity index (χ3v) is 4.79. The standard InChI is InChI=1S/C21H22N4O3/c26-21(17-8-11-22-12-9-17)25-13-4-7-18(25)20-23-19(24-28-20)10-14-27-15-16-5-2-1-3-6-16/h1-3,5-6,8-9,11-12,18H,4,7,10,13-15H2. The molecule has 7 nitrogen and oxygen atoms in total. The van der Waals surface area contributed by atoms with E-state index < -0.39 is 0 Å². The van der Waals surface area contributed by atoms with Gasteiger partial charge in [-0.15, -0.1) is 0 Å². The molecule has 1 aliphatic heterocycles. The maximum absolute atomic E-state index is 12.8. The van der Waals surface area contributed by atoms with Crippen molar-refractivity contribution in [2.24, 2.45) is 0 Å². The summed E-state index contributed by atoms with van der Waals surface area (Å²) in [6.45, 7) is 1.75. The van der Waals surface area contributed by atoms with Gasteiger partial charge in [0, 0.05) is 30.9 Å². The number of ether oxygens (including phenoxy) is 1. The summed E-state index contributed by atoms with van der Waals surface area (Å²) in [6.07, 6.45) is 5.56. The third-order valence-electron chi connectivity index (χ3n) is 4.79. The molecule has 1 aromatic carbocycles. The van der Waals surface area contributed by atoms with Crippen LogP contribution >= 0.6 is 0 Å². The number of carbonyl (C=O) groups excluding carboxylic acids is 1. The Morgan fingerprint density at radius 1 is 1.18 bits per heavy atom. The van der Waals surface area contributed by atoms with Crippen LogP contribution in [0.4, 0.5) is 0 Å². The zero-order valence-corrected chi connectivity index (χ0v) is 15.5. The monoisotopic (exact) mass is 378 g/mol. The lowest BCUT2D eigenvalue weighted by Crippen LogP contribution is -2.30. The van der Waals surface area contributed by atoms with Gasteiger partial charge < -0.3 is 14.2 Å². The van der Waals surface area contributed by atoms with Gasteiger partial charge in [0.25, 0.3) is 5.91 Å². The number of rotatable bonds is 7. The van der Waals surface area contributed by atoms with Crippen molar-refractivity contribution in [1.82, 2.24) is 20.0 Å². The Labute approximate surface area is 163 Å². The average molecular weight is 378 g/mol. The van der Waals surface area contributed by atoms with Gasteiger partial charge in [0.05, 0.1) is 13.2 Å². The fraction of sp³-hybridized carbons (Fsp3) is 0.333. The molecule has 3 aromatic rings. The van der Waals surface area contributed by atoms with Gasteiger partial charge in [-0.2, -0.15) is 4.98 Å². The SMILES string of the molecule is O=C(c1ccncc1)N1CCCC1c1nc(CCOCc2ccccc2)no1. The molecule has 1 aliphatic rings. The quantitative estimate of drug-likeness (QED) is 0.587. The van der Waals surface area contributed by atoms with Gasteiger partial charge in [-0.25, -0.2) is 0 Å². The van der Waals surface area contributed by atoms with Gasteiger partial charge >= 0.3 is 0 Å². The maximum Gasteiger partial charge on any atom is 0.254 e. The van der Waals surface area contributed by atoms with Gasteiger partial charge in [0.1, 0.15) is 6.04 Å². The summed E-state index contributed by atoms with van der Waals surface area (Å²) in [5.74, 6) is 1.07. The van der Waals surface area contributed by atoms with E-state index in [4.69, 9.17) is 9.26 Å². The molecule has 0 bridgehead atoms. The molecule has 0 radical (unpaired) electrons. The van der Waals surface area contributed by atoms with E-state index in [1.807, 2.05) is 30.3 Å². The number of amides is 1. The van der Waals surface area contributed by atoms with Crippen molar-refractivity contribution in [1.29, 1.82) is 0 Å². The minimum Gasteiger partial charge on any atom is -0.376 e. The van der Waals surface area contributed by atoms with Crippen LogP contribution in [0, 0.1) is 0 Å². The molecule has 0 aliphatic carbocycles. The second kappa shape index (κ2) is 8.75. The lowest BCUT2D eigenvalue weighted by Gasteiger charge is -2.21. The number of hydrogen-bond acceptors (Lipinski definition) is 6. The summed E-state index contributed by atoms with van der Waals surface area (Å²) >= 11 is 0. The fourth-order valence-corrected chi connectivity index (χ4v) is 3.36. The molecule has 0 spiro atoms. The van der Waals surface area contributed by atoms with E-state index in [1.54, 1.807) is 29.4 Å². The molecule has 1 fully saturated rings. The summed E-state index contributed by atoms with van der Waals surface area (Å²) in [4.78, 5) is 23.0. The normalized spacial score (nSPS) is 16.4. The number of benzene rings is 1. The van der Waals surface area contributed by atoms with Crippen LogP contribution in [0.25, 0.3) is 0 Å². The number of carbonyl (C=O) groups is 1. The minimum absolute atomic E-state index is 0.0316. The van der Waals surface area contributed by atoms with Crippen LogP contribution in [0.15, 0.2) is 59.4 Å². The van der Waals surface area contributed by atoms with Crippen molar-refractivity contribution >= 4 is 5.91 Å². The molecule has 3 heterocycles. The van der Waals surface area contributed by atoms with E-state index in [2.05, 4.69) is 15.1 Å². The van der Waals surface area contributed by atoms with E-state index in [9.17, 15) is 4.79 Å². The number of hydrogen-bond donors (Lipinski definition) is 0. The van der Waals surface area contributed by atoms with Gasteiger partial charge in [0.15, 0.2) is 5.82 Å². The number of aromatic nitrogens is 3. The smallest absolute Gasteiger partial charge is 0.254 e. The number of nitrogens with zero attached hydrogens (tertiary/aromatic N) is 4. The Kier molecular flexibility index (Phi) is 5.72. The molecule has 28 heavy (non-hydrogen) atoms. The van der Waals surface area contributed by atoms with Gasteiger partial charge in [-0.3, -0.25) is 9.78 Å². The highest BCUT2D eigenvalue weighted by Gasteiger charge is 2.34. The van der Waals surface area contributed by atoms with E-state index in [0.717, 1.165) is 18.4 Å². The van der Waals surface area contributed by atoms with E-state index in [-0.39, 0.29) is 11.9 Å². The lowest BCUT2D eigenvalue weighted by molar-refractivity contribution is 0.0710. The van der Waals surface area contributed by atoms with Crippen LogP contribution in [-0.2, 0) is 17.8 Å². The van der Waals surface area contributed by atoms with Crippen LogP contribution in [0.3, 0.4) is 0 Å². The Morgan fingerprint density at radius 3 is 2.82 bits per heavy atom. The fourth-order valence-electron chi connectivity index (χ4n) is 3.36. The first-order valence-electron chi connectivity index (χ1n) is 9.46. The summed E-state index contributed by atoms with van der Waals surface area (Å²) in [5.41, 5.74) is 1.75. The number of likely N-dealkylation sites (tertiary alicyclic amines) is 1. The Hall–Kier alpha value is -3.06. The summed E-state index contributed by atoms with van der Waals surface area (Å²) in [6, 6.07) is 13.3. The highest BCUT2D eigenvalue weighted by Crippen LogP contribution is 2.32. The van der Waals surface area contributed by atoms with Crippen molar-refractivity contribution in [2.45, 2.75) is 31.9 Å². The Balaban J connectivity index is 1.33. The summed E-state index contributed by atoms with van der Waals surface area (Å²) in [5, 5.41) is 4.06. The second-order valence-electron chi connectivity index (χ2n) is 6.73. The van der Waals surface area contributed by atoms with Crippen molar-refractivity contribution < 1.29 is 14.1 Å². The maximum atomic E-state index is 12.8. The first kappa shape index (κ1) is 18.3. The summed E-state index contributed by atoms with van der Waals surface area (Å²) in [7, 11) is 0. The summed E-state index contributed by atoms with van der Waals surface area (Å²) < 4.78 is 11.1. The zero-order valence-electron chi connectivity index (χ0n) is 15.5. The van der Waals surface area contributed by atoms with Crippen LogP contribution in [-0.4, -0.2) is 39.1 Å². The van der Waals surface area contributed by atoms with E-state index in [1.165, 1.54) is 0 Å².